The van der Waals surface area contributed by atoms with Gasteiger partial charge in [0, 0.05) is 44.0 Å². The number of nitrogens with zero attached hydrogens (tertiary/aromatic N) is 5. The van der Waals surface area contributed by atoms with Gasteiger partial charge in [0.2, 0.25) is 5.91 Å². The molecule has 5 rings (SSSR count). The molecule has 3 amide bonds. The summed E-state index contributed by atoms with van der Waals surface area (Å²) < 4.78 is 0. The number of carbonyl (C=O) groups excluding carboxylic acids is 2. The van der Waals surface area contributed by atoms with Crippen molar-refractivity contribution in [3.05, 3.63) is 107 Å². The lowest BCUT2D eigenvalue weighted by atomic mass is 10.1. The average Bonchev–Trinajstić information content (AvgIpc) is 3.26. The standard InChI is InChI=1S/C32H33ClN6O2/c1-24-12-14-26(15-13-24)34-32(41)39(22-25-8-3-2-4-9-25)23-31(40)38-19-7-18-37(20-21-38)30-17-16-29(35-36-30)27-10-5-6-11-28(27)33/h2-6,8-17H,7,18-23H2,1H3,(H,34,41). The molecule has 1 aromatic heterocycles. The Morgan fingerprint density at radius 3 is 2.34 bits per heavy atom. The number of halogens is 1. The zero-order valence-corrected chi connectivity index (χ0v) is 23.8. The Hall–Kier alpha value is -4.43. The molecule has 0 aliphatic carbocycles. The number of amides is 3. The van der Waals surface area contributed by atoms with Gasteiger partial charge in [0.25, 0.3) is 0 Å². The van der Waals surface area contributed by atoms with Crippen LogP contribution >= 0.6 is 11.6 Å². The van der Waals surface area contributed by atoms with Gasteiger partial charge in [-0.3, -0.25) is 4.79 Å². The molecule has 4 aromatic rings. The Morgan fingerprint density at radius 1 is 0.854 bits per heavy atom. The summed E-state index contributed by atoms with van der Waals surface area (Å²) in [4.78, 5) is 32.3. The van der Waals surface area contributed by atoms with Crippen LogP contribution in [0, 0.1) is 6.92 Å². The van der Waals surface area contributed by atoms with Crippen LogP contribution in [0.4, 0.5) is 16.3 Å². The third-order valence-electron chi connectivity index (χ3n) is 7.11. The SMILES string of the molecule is Cc1ccc(NC(=O)N(CC(=O)N2CCCN(c3ccc(-c4ccccc4Cl)nn3)CC2)Cc2ccccc2)cc1. The second-order valence-corrected chi connectivity index (χ2v) is 10.5. The molecule has 0 atom stereocenters. The molecule has 3 aromatic carbocycles. The zero-order valence-electron chi connectivity index (χ0n) is 23.0. The number of aryl methyl sites for hydroxylation is 1. The van der Waals surface area contributed by atoms with Gasteiger partial charge >= 0.3 is 6.03 Å². The Kier molecular flexibility index (Phi) is 9.11. The molecule has 1 fully saturated rings. The Balaban J connectivity index is 1.23. The smallest absolute Gasteiger partial charge is 0.322 e. The van der Waals surface area contributed by atoms with Gasteiger partial charge in [-0.25, -0.2) is 4.79 Å². The molecule has 1 aliphatic heterocycles. The van der Waals surface area contributed by atoms with Gasteiger partial charge in [-0.1, -0.05) is 77.8 Å². The minimum Gasteiger partial charge on any atom is -0.353 e. The minimum absolute atomic E-state index is 0.0150. The highest BCUT2D eigenvalue weighted by Gasteiger charge is 2.24. The number of anilines is 2. The van der Waals surface area contributed by atoms with Crippen molar-refractivity contribution in [1.29, 1.82) is 0 Å². The summed E-state index contributed by atoms with van der Waals surface area (Å²) in [6.45, 7) is 4.84. The first-order chi connectivity index (χ1) is 20.0. The normalized spacial score (nSPS) is 13.4. The second-order valence-electron chi connectivity index (χ2n) is 10.1. The monoisotopic (exact) mass is 568 g/mol. The number of nitrogens with one attached hydrogen (secondary N) is 1. The Bertz CT molecular complexity index is 1460. The van der Waals surface area contributed by atoms with Gasteiger partial charge < -0.3 is 20.0 Å². The van der Waals surface area contributed by atoms with Crippen molar-refractivity contribution in [2.75, 3.05) is 42.9 Å². The van der Waals surface area contributed by atoms with Gasteiger partial charge in [0.1, 0.15) is 6.54 Å². The molecular weight excluding hydrogens is 536 g/mol. The maximum Gasteiger partial charge on any atom is 0.322 e. The van der Waals surface area contributed by atoms with E-state index in [0.29, 0.717) is 42.6 Å². The van der Waals surface area contributed by atoms with Crippen LogP contribution in [0.15, 0.2) is 91.0 Å². The van der Waals surface area contributed by atoms with Crippen LogP contribution in [0.5, 0.6) is 0 Å². The maximum atomic E-state index is 13.5. The summed E-state index contributed by atoms with van der Waals surface area (Å²) in [5, 5.41) is 12.4. The summed E-state index contributed by atoms with van der Waals surface area (Å²) in [6, 6.07) is 28.4. The molecule has 41 heavy (non-hydrogen) atoms. The van der Waals surface area contributed by atoms with Gasteiger partial charge in [-0.15, -0.1) is 10.2 Å². The van der Waals surface area contributed by atoms with Gasteiger partial charge in [0.15, 0.2) is 5.82 Å². The topological polar surface area (TPSA) is 81.7 Å². The largest absolute Gasteiger partial charge is 0.353 e. The predicted octanol–water partition coefficient (Wildman–Crippen LogP) is 5.88. The molecule has 1 aliphatic rings. The van der Waals surface area contributed by atoms with E-state index >= 15 is 0 Å². The van der Waals surface area contributed by atoms with Crippen LogP contribution in [0.3, 0.4) is 0 Å². The molecule has 8 nitrogen and oxygen atoms in total. The molecule has 9 heteroatoms. The number of benzene rings is 3. The Morgan fingerprint density at radius 2 is 1.61 bits per heavy atom. The van der Waals surface area contributed by atoms with E-state index < -0.39 is 0 Å². The predicted molar refractivity (Wildman–Crippen MR) is 163 cm³/mol. The molecule has 0 radical (unpaired) electrons. The number of aromatic nitrogens is 2. The van der Waals surface area contributed by atoms with Crippen molar-refractivity contribution in [2.24, 2.45) is 0 Å². The second kappa shape index (κ2) is 13.3. The van der Waals surface area contributed by atoms with E-state index in [2.05, 4.69) is 20.4 Å². The van der Waals surface area contributed by atoms with E-state index in [1.165, 1.54) is 0 Å². The summed E-state index contributed by atoms with van der Waals surface area (Å²) in [7, 11) is 0. The van der Waals surface area contributed by atoms with Crippen LogP contribution in [0.1, 0.15) is 17.5 Å². The highest BCUT2D eigenvalue weighted by Crippen LogP contribution is 2.26. The Labute approximate surface area is 245 Å². The van der Waals surface area contributed by atoms with Gasteiger partial charge in [0.05, 0.1) is 10.7 Å². The van der Waals surface area contributed by atoms with Crippen molar-refractivity contribution < 1.29 is 9.59 Å². The van der Waals surface area contributed by atoms with Crippen molar-refractivity contribution in [3.8, 4) is 11.3 Å². The first kappa shape index (κ1) is 28.1. The average molecular weight is 569 g/mol. The first-order valence-corrected chi connectivity index (χ1v) is 14.1. The molecule has 0 unspecified atom stereocenters. The van der Waals surface area contributed by atoms with E-state index in [4.69, 9.17) is 11.6 Å². The summed E-state index contributed by atoms with van der Waals surface area (Å²) >= 11 is 6.32. The van der Waals surface area contributed by atoms with Gasteiger partial charge in [-0.2, -0.15) is 0 Å². The highest BCUT2D eigenvalue weighted by molar-refractivity contribution is 6.33. The summed E-state index contributed by atoms with van der Waals surface area (Å²) in [6.07, 6.45) is 0.786. The zero-order chi connectivity index (χ0) is 28.6. The van der Waals surface area contributed by atoms with E-state index in [1.807, 2.05) is 103 Å². The summed E-state index contributed by atoms with van der Waals surface area (Å²) in [5.41, 5.74) is 4.32. The molecule has 210 valence electrons. The van der Waals surface area contributed by atoms with Crippen LogP contribution in [0.25, 0.3) is 11.3 Å². The maximum absolute atomic E-state index is 13.5. The molecule has 0 bridgehead atoms. The first-order valence-electron chi connectivity index (χ1n) is 13.7. The number of hydrogen-bond donors (Lipinski definition) is 1. The van der Waals surface area contributed by atoms with E-state index in [1.54, 1.807) is 4.90 Å². The van der Waals surface area contributed by atoms with Crippen molar-refractivity contribution >= 4 is 35.0 Å². The fourth-order valence-corrected chi connectivity index (χ4v) is 5.04. The lowest BCUT2D eigenvalue weighted by Crippen LogP contribution is -2.45. The number of carbonyl (C=O) groups is 2. The molecule has 1 saturated heterocycles. The van der Waals surface area contributed by atoms with Crippen LogP contribution in [-0.4, -0.2) is 64.7 Å². The fourth-order valence-electron chi connectivity index (χ4n) is 4.81. The molecule has 0 spiro atoms. The molecule has 1 N–H and O–H groups in total. The fraction of sp³-hybridized carbons (Fsp3) is 0.250. The third kappa shape index (κ3) is 7.41. The van der Waals surface area contributed by atoms with Crippen LogP contribution in [0.2, 0.25) is 5.02 Å². The lowest BCUT2D eigenvalue weighted by Gasteiger charge is -2.27. The number of rotatable bonds is 7. The van der Waals surface area contributed by atoms with E-state index in [-0.39, 0.29) is 18.5 Å². The van der Waals surface area contributed by atoms with Crippen molar-refractivity contribution in [2.45, 2.75) is 19.9 Å². The van der Waals surface area contributed by atoms with Crippen molar-refractivity contribution in [3.63, 3.8) is 0 Å². The van der Waals surface area contributed by atoms with Crippen LogP contribution in [-0.2, 0) is 11.3 Å². The molecule has 2 heterocycles. The lowest BCUT2D eigenvalue weighted by molar-refractivity contribution is -0.131. The quantitative estimate of drug-likeness (QED) is 0.301. The molecular formula is C32H33ClN6O2. The van der Waals surface area contributed by atoms with E-state index in [9.17, 15) is 9.59 Å². The third-order valence-corrected chi connectivity index (χ3v) is 7.43. The summed E-state index contributed by atoms with van der Waals surface area (Å²) in [5.74, 6) is 0.681. The van der Waals surface area contributed by atoms with Crippen LogP contribution < -0.4 is 10.2 Å². The number of hydrogen-bond acceptors (Lipinski definition) is 5. The molecule has 0 saturated carbocycles. The minimum atomic E-state index is -0.309. The van der Waals surface area contributed by atoms with E-state index in [0.717, 1.165) is 35.5 Å². The van der Waals surface area contributed by atoms with Crippen molar-refractivity contribution in [1.82, 2.24) is 20.0 Å². The van der Waals surface area contributed by atoms with Gasteiger partial charge in [-0.05, 0) is 49.2 Å². The number of urea groups is 1. The highest BCUT2D eigenvalue weighted by atomic mass is 35.5.